The maximum Gasteiger partial charge on any atom is 0.157 e. The number of halogens is 2. The number of hydrogen-bond donors (Lipinski definition) is 1. The largest absolute Gasteiger partial charge is 0.495 e. The maximum atomic E-state index is 6.51. The predicted octanol–water partition coefficient (Wildman–Crippen LogP) is 4.22. The van der Waals surface area contributed by atoms with Crippen LogP contribution in [-0.2, 0) is 5.54 Å². The molecule has 0 fully saturated rings. The molecule has 2 heterocycles. The first-order chi connectivity index (χ1) is 13.0. The Hall–Kier alpha value is -2.44. The molecule has 1 aliphatic rings. The van der Waals surface area contributed by atoms with E-state index in [9.17, 15) is 0 Å². The minimum absolute atomic E-state index is 0.350. The molecular weight excluding hydrogens is 428 g/mol. The summed E-state index contributed by atoms with van der Waals surface area (Å²) in [5.74, 6) is 0.988. The highest BCUT2D eigenvalue weighted by Gasteiger charge is 2.45. The van der Waals surface area contributed by atoms with E-state index >= 15 is 0 Å². The van der Waals surface area contributed by atoms with E-state index in [2.05, 4.69) is 25.9 Å². The summed E-state index contributed by atoms with van der Waals surface area (Å²) in [5.41, 5.74) is 9.25. The van der Waals surface area contributed by atoms with Crippen molar-refractivity contribution in [2.24, 2.45) is 10.7 Å². The fourth-order valence-electron chi connectivity index (χ4n) is 3.56. The predicted molar refractivity (Wildman–Crippen MR) is 110 cm³/mol. The van der Waals surface area contributed by atoms with E-state index in [1.165, 1.54) is 0 Å². The van der Waals surface area contributed by atoms with Crippen LogP contribution >= 0.6 is 27.5 Å². The molecule has 5 nitrogen and oxygen atoms in total. The van der Waals surface area contributed by atoms with E-state index in [1.807, 2.05) is 43.3 Å². The average molecular weight is 444 g/mol. The molecule has 136 valence electrons. The molecule has 0 spiro atoms. The average Bonchev–Trinajstić information content (AvgIpc) is 2.96. The van der Waals surface area contributed by atoms with Gasteiger partial charge >= 0.3 is 0 Å². The zero-order valence-corrected chi connectivity index (χ0v) is 17.0. The van der Waals surface area contributed by atoms with Crippen molar-refractivity contribution in [1.29, 1.82) is 0 Å². The van der Waals surface area contributed by atoms with Gasteiger partial charge in [-0.15, -0.1) is 0 Å². The van der Waals surface area contributed by atoms with Gasteiger partial charge in [0.1, 0.15) is 23.0 Å². The van der Waals surface area contributed by atoms with E-state index in [0.29, 0.717) is 28.0 Å². The monoisotopic (exact) mass is 442 g/mol. The van der Waals surface area contributed by atoms with Crippen LogP contribution in [0, 0.1) is 6.92 Å². The second-order valence-corrected chi connectivity index (χ2v) is 7.60. The van der Waals surface area contributed by atoms with E-state index in [-0.39, 0.29) is 0 Å². The number of aliphatic imine (C=N–C) groups is 1. The summed E-state index contributed by atoms with van der Waals surface area (Å²) in [6, 6.07) is 11.8. The Balaban J connectivity index is 2.09. The summed E-state index contributed by atoms with van der Waals surface area (Å²) in [4.78, 5) is 13.9. The van der Waals surface area contributed by atoms with Crippen LogP contribution in [0.2, 0.25) is 5.02 Å². The number of amidine groups is 1. The SMILES string of the molecule is COc1c(C)cc(C2(c3cccc(Br)c3)N=C(N)c3nccnc32)cc1Cl. The van der Waals surface area contributed by atoms with Gasteiger partial charge in [0.05, 0.1) is 12.1 Å². The number of rotatable bonds is 3. The first-order valence-corrected chi connectivity index (χ1v) is 9.42. The molecule has 0 radical (unpaired) electrons. The van der Waals surface area contributed by atoms with Gasteiger partial charge in [-0.2, -0.15) is 0 Å². The Kier molecular flexibility index (Phi) is 4.40. The summed E-state index contributed by atoms with van der Waals surface area (Å²) < 4.78 is 6.35. The lowest BCUT2D eigenvalue weighted by molar-refractivity contribution is 0.411. The summed E-state index contributed by atoms with van der Waals surface area (Å²) >= 11 is 10.1. The standard InChI is InChI=1S/C20H16BrClN4O/c1-11-8-13(10-15(22)17(11)27-2)20(12-4-3-5-14(21)9-12)18-16(19(23)26-20)24-6-7-25-18/h3-10H,1-2H3,(H2,23,26). The van der Waals surface area contributed by atoms with Crippen molar-refractivity contribution in [1.82, 2.24) is 9.97 Å². The van der Waals surface area contributed by atoms with Crippen molar-refractivity contribution in [3.8, 4) is 5.75 Å². The molecule has 1 aromatic heterocycles. The Morgan fingerprint density at radius 3 is 2.59 bits per heavy atom. The fourth-order valence-corrected chi connectivity index (χ4v) is 4.30. The van der Waals surface area contributed by atoms with E-state index in [1.54, 1.807) is 19.5 Å². The van der Waals surface area contributed by atoms with E-state index < -0.39 is 5.54 Å². The number of benzene rings is 2. The summed E-state index contributed by atoms with van der Waals surface area (Å²) in [5, 5.41) is 0.507. The normalized spacial score (nSPS) is 18.1. The highest BCUT2D eigenvalue weighted by Crippen LogP contribution is 2.47. The minimum atomic E-state index is -0.932. The highest BCUT2D eigenvalue weighted by molar-refractivity contribution is 9.10. The van der Waals surface area contributed by atoms with Gasteiger partial charge in [0.2, 0.25) is 0 Å². The van der Waals surface area contributed by atoms with Crippen molar-refractivity contribution in [3.63, 3.8) is 0 Å². The molecule has 1 unspecified atom stereocenters. The second kappa shape index (κ2) is 6.62. The van der Waals surface area contributed by atoms with Crippen LogP contribution in [0.3, 0.4) is 0 Å². The van der Waals surface area contributed by atoms with Gasteiger partial charge in [-0.25, -0.2) is 9.98 Å². The molecule has 0 saturated carbocycles. The maximum absolute atomic E-state index is 6.51. The van der Waals surface area contributed by atoms with Gasteiger partial charge in [-0.05, 0) is 47.9 Å². The van der Waals surface area contributed by atoms with Crippen LogP contribution in [0.15, 0.2) is 58.3 Å². The lowest BCUT2D eigenvalue weighted by Gasteiger charge is -2.28. The van der Waals surface area contributed by atoms with Crippen molar-refractivity contribution >= 4 is 33.4 Å². The smallest absolute Gasteiger partial charge is 0.157 e. The number of fused-ring (bicyclic) bond motifs is 1. The second-order valence-electron chi connectivity index (χ2n) is 6.28. The molecule has 0 saturated heterocycles. The third-order valence-electron chi connectivity index (χ3n) is 4.67. The van der Waals surface area contributed by atoms with Crippen LogP contribution in [0.5, 0.6) is 5.75 Å². The van der Waals surface area contributed by atoms with Crippen molar-refractivity contribution in [2.45, 2.75) is 12.5 Å². The molecule has 2 aromatic carbocycles. The number of ether oxygens (including phenoxy) is 1. The molecule has 0 amide bonds. The van der Waals surface area contributed by atoms with Gasteiger partial charge in [0.15, 0.2) is 5.54 Å². The molecular formula is C20H16BrClN4O. The molecule has 7 heteroatoms. The zero-order valence-electron chi connectivity index (χ0n) is 14.7. The molecule has 27 heavy (non-hydrogen) atoms. The summed E-state index contributed by atoms with van der Waals surface area (Å²) in [6.07, 6.45) is 3.27. The van der Waals surface area contributed by atoms with Crippen LogP contribution < -0.4 is 10.5 Å². The highest BCUT2D eigenvalue weighted by atomic mass is 79.9. The van der Waals surface area contributed by atoms with Gasteiger partial charge in [-0.3, -0.25) is 4.98 Å². The number of hydrogen-bond acceptors (Lipinski definition) is 5. The molecule has 3 aromatic rings. The molecule has 4 rings (SSSR count). The first-order valence-electron chi connectivity index (χ1n) is 8.25. The summed E-state index contributed by atoms with van der Waals surface area (Å²) in [6.45, 7) is 1.95. The van der Waals surface area contributed by atoms with Gasteiger partial charge < -0.3 is 10.5 Å². The summed E-state index contributed by atoms with van der Waals surface area (Å²) in [7, 11) is 1.60. The third-order valence-corrected chi connectivity index (χ3v) is 5.44. The lowest BCUT2D eigenvalue weighted by Crippen LogP contribution is -2.27. The van der Waals surface area contributed by atoms with Crippen molar-refractivity contribution < 1.29 is 4.74 Å². The number of nitrogens with two attached hydrogens (primary N) is 1. The number of aryl methyl sites for hydroxylation is 1. The van der Waals surface area contributed by atoms with Crippen LogP contribution in [0.4, 0.5) is 0 Å². The molecule has 1 aliphatic heterocycles. The Bertz CT molecular complexity index is 1060. The zero-order chi connectivity index (χ0) is 19.2. The first kappa shape index (κ1) is 17.9. The van der Waals surface area contributed by atoms with Gasteiger partial charge in [-0.1, -0.05) is 39.7 Å². The third kappa shape index (κ3) is 2.71. The Morgan fingerprint density at radius 2 is 1.89 bits per heavy atom. The molecule has 1 atom stereocenters. The van der Waals surface area contributed by atoms with Crippen LogP contribution in [0.25, 0.3) is 0 Å². The molecule has 0 aliphatic carbocycles. The Morgan fingerprint density at radius 1 is 1.11 bits per heavy atom. The van der Waals surface area contributed by atoms with E-state index in [0.717, 1.165) is 21.2 Å². The van der Waals surface area contributed by atoms with Crippen molar-refractivity contribution in [2.75, 3.05) is 7.11 Å². The molecule has 0 bridgehead atoms. The van der Waals surface area contributed by atoms with E-state index in [4.69, 9.17) is 27.1 Å². The number of aromatic nitrogens is 2. The van der Waals surface area contributed by atoms with Crippen LogP contribution in [-0.4, -0.2) is 22.9 Å². The lowest BCUT2D eigenvalue weighted by atomic mass is 9.80. The number of methoxy groups -OCH3 is 1. The van der Waals surface area contributed by atoms with Gasteiger partial charge in [0.25, 0.3) is 0 Å². The number of nitrogens with zero attached hydrogens (tertiary/aromatic N) is 3. The van der Waals surface area contributed by atoms with Gasteiger partial charge in [0, 0.05) is 16.9 Å². The Labute approximate surface area is 170 Å². The van der Waals surface area contributed by atoms with Crippen molar-refractivity contribution in [3.05, 3.63) is 86.4 Å². The molecule has 2 N–H and O–H groups in total. The topological polar surface area (TPSA) is 73.4 Å². The fraction of sp³-hybridized carbons (Fsp3) is 0.150. The quantitative estimate of drug-likeness (QED) is 0.658. The van der Waals surface area contributed by atoms with Crippen LogP contribution in [0.1, 0.15) is 28.1 Å². The minimum Gasteiger partial charge on any atom is -0.495 e.